The van der Waals surface area contributed by atoms with Gasteiger partial charge in [0.25, 0.3) is 0 Å². The summed E-state index contributed by atoms with van der Waals surface area (Å²) >= 11 is 6.70. The predicted octanol–water partition coefficient (Wildman–Crippen LogP) is 4.40. The van der Waals surface area contributed by atoms with E-state index in [9.17, 15) is 4.39 Å². The van der Waals surface area contributed by atoms with Gasteiger partial charge < -0.3 is 5.73 Å². The molecule has 1 nitrogen and oxygen atoms in total. The fourth-order valence-electron chi connectivity index (χ4n) is 1.63. The summed E-state index contributed by atoms with van der Waals surface area (Å²) in [4.78, 5) is 0. The third kappa shape index (κ3) is 2.94. The molecular formula is C13H10Br2FN. The molecule has 0 amide bonds. The van der Waals surface area contributed by atoms with Crippen molar-refractivity contribution in [3.63, 3.8) is 0 Å². The largest absolute Gasteiger partial charge is 0.320 e. The van der Waals surface area contributed by atoms with Crippen LogP contribution in [0.25, 0.3) is 0 Å². The predicted molar refractivity (Wildman–Crippen MR) is 74.3 cm³/mol. The molecule has 0 aliphatic carbocycles. The molecule has 1 unspecified atom stereocenters. The maximum absolute atomic E-state index is 13.7. The lowest BCUT2D eigenvalue weighted by Crippen LogP contribution is -2.13. The number of hydrogen-bond acceptors (Lipinski definition) is 1. The SMILES string of the molecule is NC(c1cccc(Br)c1)c1cc(Br)ccc1F. The van der Waals surface area contributed by atoms with Crippen molar-refractivity contribution in [3.8, 4) is 0 Å². The Balaban J connectivity index is 2.43. The average molecular weight is 359 g/mol. The maximum Gasteiger partial charge on any atom is 0.128 e. The molecule has 0 saturated heterocycles. The zero-order valence-corrected chi connectivity index (χ0v) is 12.0. The molecule has 0 aliphatic rings. The molecule has 1 atom stereocenters. The van der Waals surface area contributed by atoms with Gasteiger partial charge in [0.2, 0.25) is 0 Å². The first-order chi connectivity index (χ1) is 8.08. The molecule has 88 valence electrons. The normalized spacial score (nSPS) is 12.5. The van der Waals surface area contributed by atoms with Crippen LogP contribution in [0.2, 0.25) is 0 Å². The quantitative estimate of drug-likeness (QED) is 0.845. The van der Waals surface area contributed by atoms with Crippen molar-refractivity contribution >= 4 is 31.9 Å². The van der Waals surface area contributed by atoms with Crippen LogP contribution < -0.4 is 5.73 Å². The monoisotopic (exact) mass is 357 g/mol. The first-order valence-electron chi connectivity index (χ1n) is 5.04. The third-order valence-corrected chi connectivity index (χ3v) is 3.49. The van der Waals surface area contributed by atoms with Crippen molar-refractivity contribution < 1.29 is 4.39 Å². The summed E-state index contributed by atoms with van der Waals surface area (Å²) in [6.45, 7) is 0. The Kier molecular flexibility index (Phi) is 3.97. The van der Waals surface area contributed by atoms with Crippen molar-refractivity contribution in [2.75, 3.05) is 0 Å². The van der Waals surface area contributed by atoms with E-state index in [0.717, 1.165) is 14.5 Å². The Morgan fingerprint density at radius 3 is 2.41 bits per heavy atom. The Morgan fingerprint density at radius 1 is 1.00 bits per heavy atom. The van der Waals surface area contributed by atoms with Crippen molar-refractivity contribution in [2.45, 2.75) is 6.04 Å². The van der Waals surface area contributed by atoms with Crippen molar-refractivity contribution in [1.82, 2.24) is 0 Å². The maximum atomic E-state index is 13.7. The molecule has 0 spiro atoms. The molecule has 4 heteroatoms. The number of halogens is 3. The first kappa shape index (κ1) is 12.7. The van der Waals surface area contributed by atoms with Crippen molar-refractivity contribution in [1.29, 1.82) is 0 Å². The molecule has 2 rings (SSSR count). The van der Waals surface area contributed by atoms with Crippen LogP contribution in [-0.4, -0.2) is 0 Å². The van der Waals surface area contributed by atoms with E-state index >= 15 is 0 Å². The topological polar surface area (TPSA) is 26.0 Å². The van der Waals surface area contributed by atoms with Crippen LogP contribution in [0.3, 0.4) is 0 Å². The van der Waals surface area contributed by atoms with Gasteiger partial charge in [-0.15, -0.1) is 0 Å². The van der Waals surface area contributed by atoms with Gasteiger partial charge in [-0.3, -0.25) is 0 Å². The summed E-state index contributed by atoms with van der Waals surface area (Å²) in [5.74, 6) is -0.291. The lowest BCUT2D eigenvalue weighted by molar-refractivity contribution is 0.599. The molecule has 0 aliphatic heterocycles. The van der Waals surface area contributed by atoms with Gasteiger partial charge in [-0.2, -0.15) is 0 Å². The Labute approximate surface area is 116 Å². The zero-order valence-electron chi connectivity index (χ0n) is 8.83. The molecule has 17 heavy (non-hydrogen) atoms. The highest BCUT2D eigenvalue weighted by Crippen LogP contribution is 2.26. The van der Waals surface area contributed by atoms with E-state index in [4.69, 9.17) is 5.73 Å². The third-order valence-electron chi connectivity index (χ3n) is 2.50. The molecule has 0 bridgehead atoms. The number of benzene rings is 2. The molecule has 2 aromatic rings. The fourth-order valence-corrected chi connectivity index (χ4v) is 2.43. The van der Waals surface area contributed by atoms with E-state index in [2.05, 4.69) is 31.9 Å². The van der Waals surface area contributed by atoms with Crippen LogP contribution in [0.5, 0.6) is 0 Å². The van der Waals surface area contributed by atoms with E-state index in [1.54, 1.807) is 12.1 Å². The van der Waals surface area contributed by atoms with Gasteiger partial charge in [0.1, 0.15) is 5.82 Å². The van der Waals surface area contributed by atoms with Crippen molar-refractivity contribution in [2.24, 2.45) is 5.73 Å². The number of nitrogens with two attached hydrogens (primary N) is 1. The van der Waals surface area contributed by atoms with Crippen molar-refractivity contribution in [3.05, 3.63) is 68.4 Å². The highest BCUT2D eigenvalue weighted by Gasteiger charge is 2.14. The van der Waals surface area contributed by atoms with Gasteiger partial charge in [-0.05, 0) is 35.9 Å². The van der Waals surface area contributed by atoms with Crippen LogP contribution in [0.4, 0.5) is 4.39 Å². The lowest BCUT2D eigenvalue weighted by Gasteiger charge is -2.14. The zero-order chi connectivity index (χ0) is 12.4. The van der Waals surface area contributed by atoms with Crippen LogP contribution >= 0.6 is 31.9 Å². The van der Waals surface area contributed by atoms with E-state index < -0.39 is 6.04 Å². The summed E-state index contributed by atoms with van der Waals surface area (Å²) < 4.78 is 15.4. The average Bonchev–Trinajstić information content (AvgIpc) is 2.31. The van der Waals surface area contributed by atoms with Gasteiger partial charge in [0.05, 0.1) is 6.04 Å². The Bertz CT molecular complexity index is 543. The lowest BCUT2D eigenvalue weighted by atomic mass is 9.99. The Morgan fingerprint density at radius 2 is 1.71 bits per heavy atom. The van der Waals surface area contributed by atoms with Gasteiger partial charge in [0.15, 0.2) is 0 Å². The number of rotatable bonds is 2. The second kappa shape index (κ2) is 5.29. The highest BCUT2D eigenvalue weighted by molar-refractivity contribution is 9.10. The fraction of sp³-hybridized carbons (Fsp3) is 0.0769. The summed E-state index contributed by atoms with van der Waals surface area (Å²) in [6, 6.07) is 11.9. The number of hydrogen-bond donors (Lipinski definition) is 1. The van der Waals surface area contributed by atoms with E-state index in [1.807, 2.05) is 24.3 Å². The van der Waals surface area contributed by atoms with Crippen LogP contribution in [-0.2, 0) is 0 Å². The van der Waals surface area contributed by atoms with E-state index in [-0.39, 0.29) is 5.82 Å². The molecule has 0 aromatic heterocycles. The molecule has 2 N–H and O–H groups in total. The molecule has 0 saturated carbocycles. The smallest absolute Gasteiger partial charge is 0.128 e. The minimum absolute atomic E-state index is 0.291. The van der Waals surface area contributed by atoms with Gasteiger partial charge in [-0.25, -0.2) is 4.39 Å². The van der Waals surface area contributed by atoms with Crippen LogP contribution in [0, 0.1) is 5.82 Å². The molecule has 0 radical (unpaired) electrons. The summed E-state index contributed by atoms with van der Waals surface area (Å²) in [6.07, 6.45) is 0. The second-order valence-corrected chi connectivity index (χ2v) is 5.53. The summed E-state index contributed by atoms with van der Waals surface area (Å²) in [7, 11) is 0. The van der Waals surface area contributed by atoms with Crippen LogP contribution in [0.15, 0.2) is 51.4 Å². The molecule has 0 heterocycles. The minimum Gasteiger partial charge on any atom is -0.320 e. The Hall–Kier alpha value is -0.710. The van der Waals surface area contributed by atoms with Crippen LogP contribution in [0.1, 0.15) is 17.2 Å². The standard InChI is InChI=1S/C13H10Br2FN/c14-9-3-1-2-8(6-9)13(17)11-7-10(15)4-5-12(11)16/h1-7,13H,17H2. The van der Waals surface area contributed by atoms with Gasteiger partial charge in [-0.1, -0.05) is 44.0 Å². The molecular weight excluding hydrogens is 349 g/mol. The summed E-state index contributed by atoms with van der Waals surface area (Å²) in [5, 5.41) is 0. The molecule has 2 aromatic carbocycles. The second-order valence-electron chi connectivity index (χ2n) is 3.70. The van der Waals surface area contributed by atoms with Gasteiger partial charge in [0, 0.05) is 14.5 Å². The summed E-state index contributed by atoms with van der Waals surface area (Å²) in [5.41, 5.74) is 7.43. The van der Waals surface area contributed by atoms with E-state index in [1.165, 1.54) is 6.07 Å². The highest BCUT2D eigenvalue weighted by atomic mass is 79.9. The minimum atomic E-state index is -0.468. The first-order valence-corrected chi connectivity index (χ1v) is 6.62. The van der Waals surface area contributed by atoms with Gasteiger partial charge >= 0.3 is 0 Å². The van der Waals surface area contributed by atoms with E-state index in [0.29, 0.717) is 5.56 Å². The molecule has 0 fully saturated rings.